The minimum Gasteiger partial charge on any atom is -0.454 e. The van der Waals surface area contributed by atoms with E-state index in [2.05, 4.69) is 10.3 Å². The van der Waals surface area contributed by atoms with Gasteiger partial charge in [0.1, 0.15) is 5.82 Å². The van der Waals surface area contributed by atoms with Crippen LogP contribution in [0.3, 0.4) is 0 Å². The highest BCUT2D eigenvalue weighted by molar-refractivity contribution is 7.15. The van der Waals surface area contributed by atoms with Crippen LogP contribution in [0.2, 0.25) is 5.02 Å². The molecule has 1 N–H and O–H groups in total. The maximum atomic E-state index is 13.3. The van der Waals surface area contributed by atoms with Crippen molar-refractivity contribution in [2.24, 2.45) is 0 Å². The molecule has 0 saturated carbocycles. The van der Waals surface area contributed by atoms with Gasteiger partial charge in [0.25, 0.3) is 5.91 Å². The lowest BCUT2D eigenvalue weighted by molar-refractivity contribution is 0.102. The largest absolute Gasteiger partial charge is 0.454 e. The second-order valence-corrected chi connectivity index (χ2v) is 7.11. The monoisotopic (exact) mass is 390 g/mol. The molecule has 26 heavy (non-hydrogen) atoms. The number of carbonyl (C=O) groups is 1. The molecule has 5 nitrogen and oxygen atoms in total. The third-order valence-electron chi connectivity index (χ3n) is 3.73. The van der Waals surface area contributed by atoms with Crippen molar-refractivity contribution in [2.45, 2.75) is 6.42 Å². The second kappa shape index (κ2) is 6.93. The van der Waals surface area contributed by atoms with Gasteiger partial charge in [0.15, 0.2) is 16.6 Å². The Kier molecular flexibility index (Phi) is 4.48. The fourth-order valence-electron chi connectivity index (χ4n) is 2.56. The summed E-state index contributed by atoms with van der Waals surface area (Å²) in [6, 6.07) is 9.48. The molecule has 4 rings (SSSR count). The van der Waals surface area contributed by atoms with E-state index >= 15 is 0 Å². The summed E-state index contributed by atoms with van der Waals surface area (Å²) in [6.45, 7) is 0.0794. The van der Waals surface area contributed by atoms with Crippen molar-refractivity contribution in [3.05, 3.63) is 69.4 Å². The maximum Gasteiger partial charge on any atom is 0.257 e. The van der Waals surface area contributed by atoms with Crippen molar-refractivity contribution in [1.29, 1.82) is 0 Å². The number of anilines is 1. The summed E-state index contributed by atoms with van der Waals surface area (Å²) in [4.78, 5) is 17.5. The summed E-state index contributed by atoms with van der Waals surface area (Å²) in [7, 11) is 0. The molecular formula is C18H12ClFN2O3S. The third kappa shape index (κ3) is 3.49. The number of nitrogens with zero attached hydrogens (tertiary/aromatic N) is 1. The standard InChI is InChI=1S/C18H12ClFN2O3S/c19-14-6-11(7-15-16(14)25-9-24-15)17(23)22-18-21-8-13(26-18)5-10-2-1-3-12(20)4-10/h1-4,6-8H,5,9H2,(H,21,22,23). The molecule has 0 saturated heterocycles. The van der Waals surface area contributed by atoms with Crippen molar-refractivity contribution in [3.63, 3.8) is 0 Å². The first-order valence-electron chi connectivity index (χ1n) is 7.68. The Morgan fingerprint density at radius 1 is 1.31 bits per heavy atom. The molecule has 3 aromatic rings. The van der Waals surface area contributed by atoms with E-state index in [1.807, 2.05) is 6.07 Å². The zero-order valence-electron chi connectivity index (χ0n) is 13.3. The number of carbonyl (C=O) groups excluding carboxylic acids is 1. The maximum absolute atomic E-state index is 13.3. The first kappa shape index (κ1) is 16.8. The zero-order chi connectivity index (χ0) is 18.1. The lowest BCUT2D eigenvalue weighted by Gasteiger charge is -2.05. The Morgan fingerprint density at radius 3 is 3.04 bits per heavy atom. The summed E-state index contributed by atoms with van der Waals surface area (Å²) >= 11 is 7.43. The van der Waals surface area contributed by atoms with Gasteiger partial charge in [-0.3, -0.25) is 10.1 Å². The quantitative estimate of drug-likeness (QED) is 0.712. The van der Waals surface area contributed by atoms with Crippen molar-refractivity contribution in [3.8, 4) is 11.5 Å². The van der Waals surface area contributed by atoms with Gasteiger partial charge >= 0.3 is 0 Å². The van der Waals surface area contributed by atoms with E-state index in [0.29, 0.717) is 33.6 Å². The van der Waals surface area contributed by atoms with Gasteiger partial charge in [-0.15, -0.1) is 11.3 Å². The van der Waals surface area contributed by atoms with E-state index in [9.17, 15) is 9.18 Å². The SMILES string of the molecule is O=C(Nc1ncc(Cc2cccc(F)c2)s1)c1cc(Cl)c2c(c1)OCO2. The highest BCUT2D eigenvalue weighted by Gasteiger charge is 2.21. The molecule has 0 radical (unpaired) electrons. The van der Waals surface area contributed by atoms with Gasteiger partial charge < -0.3 is 9.47 Å². The number of ether oxygens (including phenoxy) is 2. The number of hydrogen-bond acceptors (Lipinski definition) is 5. The first-order valence-corrected chi connectivity index (χ1v) is 8.87. The Bertz CT molecular complexity index is 992. The smallest absolute Gasteiger partial charge is 0.257 e. The van der Waals surface area contributed by atoms with Crippen LogP contribution in [0, 0.1) is 5.82 Å². The lowest BCUT2D eigenvalue weighted by atomic mass is 10.1. The topological polar surface area (TPSA) is 60.5 Å². The number of aromatic nitrogens is 1. The number of rotatable bonds is 4. The van der Waals surface area contributed by atoms with Crippen molar-refractivity contribution in [1.82, 2.24) is 4.98 Å². The molecule has 8 heteroatoms. The second-order valence-electron chi connectivity index (χ2n) is 5.58. The first-order chi connectivity index (χ1) is 12.6. The normalized spacial score (nSPS) is 12.2. The molecule has 1 aliphatic heterocycles. The van der Waals surface area contributed by atoms with E-state index in [1.54, 1.807) is 18.3 Å². The van der Waals surface area contributed by atoms with Gasteiger partial charge in [-0.05, 0) is 29.8 Å². The number of fused-ring (bicyclic) bond motifs is 1. The Morgan fingerprint density at radius 2 is 2.19 bits per heavy atom. The van der Waals surface area contributed by atoms with Gasteiger partial charge in [0, 0.05) is 23.1 Å². The van der Waals surface area contributed by atoms with Crippen molar-refractivity contribution < 1.29 is 18.7 Å². The highest BCUT2D eigenvalue weighted by atomic mass is 35.5. The molecule has 0 aliphatic carbocycles. The van der Waals surface area contributed by atoms with E-state index in [-0.39, 0.29) is 18.5 Å². The van der Waals surface area contributed by atoms with E-state index < -0.39 is 0 Å². The number of halogens is 2. The van der Waals surface area contributed by atoms with Crippen molar-refractivity contribution in [2.75, 3.05) is 12.1 Å². The Hall–Kier alpha value is -2.64. The minimum absolute atomic E-state index is 0.0794. The van der Waals surface area contributed by atoms with Crippen LogP contribution < -0.4 is 14.8 Å². The molecule has 1 amide bonds. The molecule has 0 atom stereocenters. The molecule has 1 aromatic heterocycles. The predicted octanol–water partition coefficient (Wildman–Crippen LogP) is 4.51. The predicted molar refractivity (Wildman–Crippen MR) is 96.8 cm³/mol. The van der Waals surface area contributed by atoms with Crippen LogP contribution in [0.5, 0.6) is 11.5 Å². The lowest BCUT2D eigenvalue weighted by Crippen LogP contribution is -2.11. The minimum atomic E-state index is -0.350. The van der Waals surface area contributed by atoms with Gasteiger partial charge in [0.05, 0.1) is 5.02 Å². The molecule has 132 valence electrons. The van der Waals surface area contributed by atoms with Gasteiger partial charge in [-0.1, -0.05) is 23.7 Å². The zero-order valence-corrected chi connectivity index (χ0v) is 14.9. The number of amides is 1. The molecule has 2 aromatic carbocycles. The van der Waals surface area contributed by atoms with Gasteiger partial charge in [-0.2, -0.15) is 0 Å². The molecule has 1 aliphatic rings. The highest BCUT2D eigenvalue weighted by Crippen LogP contribution is 2.40. The number of nitrogens with one attached hydrogen (secondary N) is 1. The molecular weight excluding hydrogens is 379 g/mol. The summed E-state index contributed by atoms with van der Waals surface area (Å²) < 4.78 is 23.8. The van der Waals surface area contributed by atoms with Crippen LogP contribution >= 0.6 is 22.9 Å². The van der Waals surface area contributed by atoms with Crippen molar-refractivity contribution >= 4 is 34.0 Å². The van der Waals surface area contributed by atoms with Crippen LogP contribution in [-0.2, 0) is 6.42 Å². The van der Waals surface area contributed by atoms with Gasteiger partial charge in [0.2, 0.25) is 6.79 Å². The Labute approximate surface area is 157 Å². The van der Waals surface area contributed by atoms with Gasteiger partial charge in [-0.25, -0.2) is 9.37 Å². The summed E-state index contributed by atoms with van der Waals surface area (Å²) in [5.74, 6) is 0.250. The van der Waals surface area contributed by atoms with Crippen LogP contribution in [0.15, 0.2) is 42.6 Å². The number of hydrogen-bond donors (Lipinski definition) is 1. The Balaban J connectivity index is 1.47. The molecule has 0 unspecified atom stereocenters. The number of benzene rings is 2. The average Bonchev–Trinajstić information content (AvgIpc) is 3.24. The van der Waals surface area contributed by atoms with Crippen LogP contribution in [-0.4, -0.2) is 17.7 Å². The van der Waals surface area contributed by atoms with E-state index in [4.69, 9.17) is 21.1 Å². The average molecular weight is 391 g/mol. The summed E-state index contributed by atoms with van der Waals surface area (Å²) in [5, 5.41) is 3.50. The summed E-state index contributed by atoms with van der Waals surface area (Å²) in [5.41, 5.74) is 1.19. The molecule has 0 bridgehead atoms. The van der Waals surface area contributed by atoms with Crippen LogP contribution in [0.1, 0.15) is 20.8 Å². The van der Waals surface area contributed by atoms with E-state index in [0.717, 1.165) is 10.4 Å². The van der Waals surface area contributed by atoms with Crippen LogP contribution in [0.25, 0.3) is 0 Å². The van der Waals surface area contributed by atoms with E-state index in [1.165, 1.54) is 29.5 Å². The summed E-state index contributed by atoms with van der Waals surface area (Å²) in [6.07, 6.45) is 2.21. The molecule has 2 heterocycles. The number of thiazole rings is 1. The fourth-order valence-corrected chi connectivity index (χ4v) is 3.67. The fraction of sp³-hybridized carbons (Fsp3) is 0.111. The third-order valence-corrected chi connectivity index (χ3v) is 4.92. The molecule has 0 spiro atoms. The molecule has 0 fully saturated rings. The van der Waals surface area contributed by atoms with Crippen LogP contribution in [0.4, 0.5) is 9.52 Å².